The lowest BCUT2D eigenvalue weighted by Gasteiger charge is -2.08. The molecule has 2 aromatic carbocycles. The van der Waals surface area contributed by atoms with E-state index in [9.17, 15) is 0 Å². The highest BCUT2D eigenvalue weighted by Gasteiger charge is 2.12. The van der Waals surface area contributed by atoms with Crippen molar-refractivity contribution in [2.24, 2.45) is 7.05 Å². The molecule has 0 radical (unpaired) electrons. The van der Waals surface area contributed by atoms with Crippen molar-refractivity contribution in [3.63, 3.8) is 0 Å². The molecule has 5 heteroatoms. The lowest BCUT2D eigenvalue weighted by molar-refractivity contribution is 0.793. The predicted octanol–water partition coefficient (Wildman–Crippen LogP) is 3.69. The number of aromatic nitrogens is 4. The Balaban J connectivity index is 1.84. The number of hydrogen-bond acceptors (Lipinski definition) is 3. The standard InChI is InChI=1S/C17H17N5/c1-3-22-15-11-7-5-9-13(15)19-17(22)20-16-18-12-8-4-6-10-14(12)21(16)2/h4-11H,3H2,1-2H3,(H,18,19,20). The van der Waals surface area contributed by atoms with Crippen LogP contribution >= 0.6 is 0 Å². The molecule has 2 aromatic heterocycles. The molecule has 0 fully saturated rings. The Morgan fingerprint density at radius 3 is 2.14 bits per heavy atom. The van der Waals surface area contributed by atoms with Gasteiger partial charge in [0.2, 0.25) is 11.9 Å². The first-order valence-electron chi connectivity index (χ1n) is 7.41. The number of hydrogen-bond donors (Lipinski definition) is 1. The van der Waals surface area contributed by atoms with Gasteiger partial charge in [-0.05, 0) is 31.2 Å². The van der Waals surface area contributed by atoms with Crippen molar-refractivity contribution in [2.45, 2.75) is 13.5 Å². The van der Waals surface area contributed by atoms with E-state index in [1.54, 1.807) is 0 Å². The van der Waals surface area contributed by atoms with E-state index in [0.29, 0.717) is 0 Å². The topological polar surface area (TPSA) is 47.7 Å². The molecule has 0 saturated carbocycles. The van der Waals surface area contributed by atoms with E-state index in [2.05, 4.69) is 43.5 Å². The minimum atomic E-state index is 0.797. The molecule has 4 aromatic rings. The molecule has 0 bridgehead atoms. The second-order valence-corrected chi connectivity index (χ2v) is 5.28. The number of aryl methyl sites for hydroxylation is 2. The molecule has 5 nitrogen and oxygen atoms in total. The molecule has 4 rings (SSSR count). The number of fused-ring (bicyclic) bond motifs is 2. The van der Waals surface area contributed by atoms with E-state index in [4.69, 9.17) is 0 Å². The minimum absolute atomic E-state index is 0.797. The normalized spacial score (nSPS) is 11.4. The Kier molecular flexibility index (Phi) is 2.85. The average molecular weight is 291 g/mol. The van der Waals surface area contributed by atoms with Crippen LogP contribution in [-0.2, 0) is 13.6 Å². The molecule has 0 saturated heterocycles. The van der Waals surface area contributed by atoms with Gasteiger partial charge in [-0.1, -0.05) is 24.3 Å². The zero-order valence-electron chi connectivity index (χ0n) is 12.6. The summed E-state index contributed by atoms with van der Waals surface area (Å²) in [7, 11) is 2.01. The highest BCUT2D eigenvalue weighted by molar-refractivity contribution is 5.81. The molecule has 0 aliphatic heterocycles. The van der Waals surface area contributed by atoms with Gasteiger partial charge in [0, 0.05) is 13.6 Å². The van der Waals surface area contributed by atoms with Gasteiger partial charge in [0.15, 0.2) is 0 Å². The van der Waals surface area contributed by atoms with Crippen molar-refractivity contribution in [3.05, 3.63) is 48.5 Å². The molecule has 0 aliphatic rings. The SMILES string of the molecule is CCn1c(Nc2nc3ccccc3n2C)nc2ccccc21. The summed E-state index contributed by atoms with van der Waals surface area (Å²) in [4.78, 5) is 9.34. The van der Waals surface area contributed by atoms with Gasteiger partial charge in [-0.3, -0.25) is 5.32 Å². The molecule has 0 amide bonds. The maximum Gasteiger partial charge on any atom is 0.210 e. The van der Waals surface area contributed by atoms with Gasteiger partial charge in [0.1, 0.15) is 0 Å². The monoisotopic (exact) mass is 291 g/mol. The maximum absolute atomic E-state index is 4.69. The zero-order valence-corrected chi connectivity index (χ0v) is 12.6. The van der Waals surface area contributed by atoms with E-state index in [0.717, 1.165) is 40.5 Å². The van der Waals surface area contributed by atoms with E-state index in [-0.39, 0.29) is 0 Å². The van der Waals surface area contributed by atoms with Gasteiger partial charge in [-0.15, -0.1) is 0 Å². The van der Waals surface area contributed by atoms with Crippen LogP contribution in [0.5, 0.6) is 0 Å². The number of nitrogens with zero attached hydrogens (tertiary/aromatic N) is 4. The van der Waals surface area contributed by atoms with Crippen LogP contribution in [0.1, 0.15) is 6.92 Å². The Hall–Kier alpha value is -2.82. The van der Waals surface area contributed by atoms with Crippen LogP contribution in [0.4, 0.5) is 11.9 Å². The highest BCUT2D eigenvalue weighted by atomic mass is 15.3. The molecule has 110 valence electrons. The third-order valence-electron chi connectivity index (χ3n) is 3.98. The van der Waals surface area contributed by atoms with Gasteiger partial charge in [0.25, 0.3) is 0 Å². The Morgan fingerprint density at radius 1 is 0.864 bits per heavy atom. The summed E-state index contributed by atoms with van der Waals surface area (Å²) in [6.45, 7) is 2.97. The molecule has 2 heterocycles. The number of benzene rings is 2. The zero-order chi connectivity index (χ0) is 15.1. The van der Waals surface area contributed by atoms with Crippen molar-refractivity contribution in [3.8, 4) is 0 Å². The second kappa shape index (κ2) is 4.87. The van der Waals surface area contributed by atoms with E-state index < -0.39 is 0 Å². The summed E-state index contributed by atoms with van der Waals surface area (Å²) in [5.74, 6) is 1.62. The first kappa shape index (κ1) is 12.9. The molecule has 1 N–H and O–H groups in total. The Morgan fingerprint density at radius 2 is 1.45 bits per heavy atom. The van der Waals surface area contributed by atoms with E-state index in [1.807, 2.05) is 43.4 Å². The largest absolute Gasteiger partial charge is 0.313 e. The van der Waals surface area contributed by atoms with Crippen molar-refractivity contribution >= 4 is 34.0 Å². The number of imidazole rings is 2. The molecule has 0 unspecified atom stereocenters. The quantitative estimate of drug-likeness (QED) is 0.626. The first-order chi connectivity index (χ1) is 10.8. The molecular weight excluding hydrogens is 274 g/mol. The smallest absolute Gasteiger partial charge is 0.210 e. The average Bonchev–Trinajstić information content (AvgIpc) is 3.06. The van der Waals surface area contributed by atoms with Crippen LogP contribution in [0.2, 0.25) is 0 Å². The van der Waals surface area contributed by atoms with Gasteiger partial charge in [-0.2, -0.15) is 0 Å². The van der Waals surface area contributed by atoms with E-state index >= 15 is 0 Å². The number of nitrogens with one attached hydrogen (secondary N) is 1. The van der Waals surface area contributed by atoms with Crippen molar-refractivity contribution < 1.29 is 0 Å². The molecule has 22 heavy (non-hydrogen) atoms. The molecule has 0 aliphatic carbocycles. The van der Waals surface area contributed by atoms with Crippen LogP contribution < -0.4 is 5.32 Å². The number of anilines is 2. The highest BCUT2D eigenvalue weighted by Crippen LogP contribution is 2.24. The fraction of sp³-hybridized carbons (Fsp3) is 0.176. The molecule has 0 spiro atoms. The minimum Gasteiger partial charge on any atom is -0.313 e. The van der Waals surface area contributed by atoms with Crippen LogP contribution in [0.25, 0.3) is 22.1 Å². The summed E-state index contributed by atoms with van der Waals surface area (Å²) in [5.41, 5.74) is 4.20. The summed E-state index contributed by atoms with van der Waals surface area (Å²) in [6.07, 6.45) is 0. The predicted molar refractivity (Wildman–Crippen MR) is 89.4 cm³/mol. The van der Waals surface area contributed by atoms with Gasteiger partial charge < -0.3 is 9.13 Å². The number of rotatable bonds is 3. The van der Waals surface area contributed by atoms with Crippen LogP contribution in [0.3, 0.4) is 0 Å². The Labute approximate surface area is 128 Å². The lowest BCUT2D eigenvalue weighted by Crippen LogP contribution is -2.05. The summed E-state index contributed by atoms with van der Waals surface area (Å²) in [6, 6.07) is 16.3. The lowest BCUT2D eigenvalue weighted by atomic mass is 10.3. The van der Waals surface area contributed by atoms with Gasteiger partial charge in [0.05, 0.1) is 22.1 Å². The van der Waals surface area contributed by atoms with Crippen molar-refractivity contribution in [1.29, 1.82) is 0 Å². The summed E-state index contributed by atoms with van der Waals surface area (Å²) in [5, 5.41) is 3.37. The van der Waals surface area contributed by atoms with Crippen molar-refractivity contribution in [1.82, 2.24) is 19.1 Å². The van der Waals surface area contributed by atoms with E-state index in [1.165, 1.54) is 0 Å². The third kappa shape index (κ3) is 1.86. The maximum atomic E-state index is 4.69. The van der Waals surface area contributed by atoms with Crippen LogP contribution in [-0.4, -0.2) is 19.1 Å². The fourth-order valence-electron chi connectivity index (χ4n) is 2.85. The Bertz CT molecular complexity index is 964. The second-order valence-electron chi connectivity index (χ2n) is 5.28. The third-order valence-corrected chi connectivity index (χ3v) is 3.98. The molecular formula is C17H17N5. The number of para-hydroxylation sites is 4. The van der Waals surface area contributed by atoms with Gasteiger partial charge in [-0.25, -0.2) is 9.97 Å². The fourth-order valence-corrected chi connectivity index (χ4v) is 2.85. The van der Waals surface area contributed by atoms with Crippen LogP contribution in [0.15, 0.2) is 48.5 Å². The molecule has 0 atom stereocenters. The summed E-state index contributed by atoms with van der Waals surface area (Å²) >= 11 is 0. The summed E-state index contributed by atoms with van der Waals surface area (Å²) < 4.78 is 4.21. The van der Waals surface area contributed by atoms with Crippen molar-refractivity contribution in [2.75, 3.05) is 5.32 Å². The van der Waals surface area contributed by atoms with Gasteiger partial charge >= 0.3 is 0 Å². The van der Waals surface area contributed by atoms with Crippen LogP contribution in [0, 0.1) is 0 Å². The first-order valence-corrected chi connectivity index (χ1v) is 7.41.